The van der Waals surface area contributed by atoms with Gasteiger partial charge in [-0.15, -0.1) is 0 Å². The standard InChI is InChI=1S/C16H16ClN5/c1-21-6-8-22(9-7-21)16-15-14(18-4-5-19-15)12-10-11(17)2-3-13(12)20-16/h2-5,10H,6-9H2,1H3. The quantitative estimate of drug-likeness (QED) is 0.646. The number of pyridine rings is 1. The van der Waals surface area contributed by atoms with Crippen molar-refractivity contribution in [1.82, 2.24) is 19.9 Å². The van der Waals surface area contributed by atoms with Crippen LogP contribution in [0.3, 0.4) is 0 Å². The maximum Gasteiger partial charge on any atom is 0.157 e. The molecule has 1 aliphatic rings. The molecule has 0 saturated carbocycles. The maximum atomic E-state index is 6.13. The monoisotopic (exact) mass is 313 g/mol. The number of halogens is 1. The van der Waals surface area contributed by atoms with Gasteiger partial charge in [-0.2, -0.15) is 0 Å². The van der Waals surface area contributed by atoms with E-state index in [2.05, 4.69) is 26.8 Å². The van der Waals surface area contributed by atoms with Crippen LogP contribution in [0.1, 0.15) is 0 Å². The predicted molar refractivity (Wildman–Crippen MR) is 89.6 cm³/mol. The highest BCUT2D eigenvalue weighted by Crippen LogP contribution is 2.30. The van der Waals surface area contributed by atoms with E-state index in [0.29, 0.717) is 5.02 Å². The summed E-state index contributed by atoms with van der Waals surface area (Å²) in [6.45, 7) is 3.97. The second-order valence-electron chi connectivity index (χ2n) is 5.64. The topological polar surface area (TPSA) is 45.2 Å². The van der Waals surface area contributed by atoms with Crippen molar-refractivity contribution in [2.24, 2.45) is 0 Å². The van der Waals surface area contributed by atoms with E-state index in [1.54, 1.807) is 12.4 Å². The third-order valence-corrected chi connectivity index (χ3v) is 4.39. The molecule has 0 aliphatic carbocycles. The average molecular weight is 314 g/mol. The number of anilines is 1. The molecule has 22 heavy (non-hydrogen) atoms. The molecule has 3 aromatic rings. The summed E-state index contributed by atoms with van der Waals surface area (Å²) >= 11 is 6.13. The molecular formula is C16H16ClN5. The van der Waals surface area contributed by atoms with Crippen LogP contribution in [0.25, 0.3) is 21.9 Å². The molecule has 112 valence electrons. The van der Waals surface area contributed by atoms with Crippen LogP contribution in [0, 0.1) is 0 Å². The van der Waals surface area contributed by atoms with Crippen molar-refractivity contribution in [1.29, 1.82) is 0 Å². The van der Waals surface area contributed by atoms with Crippen molar-refractivity contribution in [3.63, 3.8) is 0 Å². The third-order valence-electron chi connectivity index (χ3n) is 4.15. The molecule has 1 aromatic carbocycles. The average Bonchev–Trinajstić information content (AvgIpc) is 2.55. The molecule has 0 spiro atoms. The van der Waals surface area contributed by atoms with Gasteiger partial charge in [-0.3, -0.25) is 4.98 Å². The van der Waals surface area contributed by atoms with Crippen molar-refractivity contribution >= 4 is 39.4 Å². The lowest BCUT2D eigenvalue weighted by atomic mass is 10.1. The summed E-state index contributed by atoms with van der Waals surface area (Å²) in [6.07, 6.45) is 3.44. The Labute approximate surface area is 133 Å². The Morgan fingerprint density at radius 2 is 1.73 bits per heavy atom. The molecule has 1 saturated heterocycles. The number of nitrogens with zero attached hydrogens (tertiary/aromatic N) is 5. The first-order chi connectivity index (χ1) is 10.7. The molecule has 6 heteroatoms. The summed E-state index contributed by atoms with van der Waals surface area (Å²) in [5.41, 5.74) is 2.62. The molecule has 1 fully saturated rings. The van der Waals surface area contributed by atoms with Crippen LogP contribution in [-0.4, -0.2) is 53.1 Å². The number of hydrogen-bond acceptors (Lipinski definition) is 5. The number of benzene rings is 1. The summed E-state index contributed by atoms with van der Waals surface area (Å²) < 4.78 is 0. The summed E-state index contributed by atoms with van der Waals surface area (Å²) in [7, 11) is 2.14. The maximum absolute atomic E-state index is 6.13. The summed E-state index contributed by atoms with van der Waals surface area (Å²) in [6, 6.07) is 5.73. The van der Waals surface area contributed by atoms with Gasteiger partial charge >= 0.3 is 0 Å². The van der Waals surface area contributed by atoms with Crippen LogP contribution < -0.4 is 4.90 Å². The van der Waals surface area contributed by atoms with E-state index in [-0.39, 0.29) is 0 Å². The molecule has 5 nitrogen and oxygen atoms in total. The van der Waals surface area contributed by atoms with Gasteiger partial charge in [0.15, 0.2) is 5.82 Å². The van der Waals surface area contributed by atoms with Crippen LogP contribution in [0.4, 0.5) is 5.82 Å². The molecule has 1 aliphatic heterocycles. The Morgan fingerprint density at radius 3 is 2.50 bits per heavy atom. The number of rotatable bonds is 1. The molecule has 2 aromatic heterocycles. The zero-order valence-corrected chi connectivity index (χ0v) is 13.1. The van der Waals surface area contributed by atoms with Gasteiger partial charge in [0.25, 0.3) is 0 Å². The predicted octanol–water partition coefficient (Wildman–Crippen LogP) is 2.58. The molecule has 3 heterocycles. The zero-order valence-electron chi connectivity index (χ0n) is 12.3. The first kappa shape index (κ1) is 13.7. The van der Waals surface area contributed by atoms with E-state index in [1.165, 1.54) is 0 Å². The smallest absolute Gasteiger partial charge is 0.157 e. The van der Waals surface area contributed by atoms with Crippen molar-refractivity contribution in [3.05, 3.63) is 35.6 Å². The van der Waals surface area contributed by atoms with Gasteiger partial charge in [-0.1, -0.05) is 11.6 Å². The minimum absolute atomic E-state index is 0.689. The van der Waals surface area contributed by atoms with Crippen LogP contribution >= 0.6 is 11.6 Å². The van der Waals surface area contributed by atoms with Crippen LogP contribution in [0.2, 0.25) is 5.02 Å². The molecule has 0 unspecified atom stereocenters. The Balaban J connectivity index is 1.95. The lowest BCUT2D eigenvalue weighted by molar-refractivity contribution is 0.312. The van der Waals surface area contributed by atoms with Gasteiger partial charge in [0.1, 0.15) is 11.0 Å². The number of aromatic nitrogens is 3. The van der Waals surface area contributed by atoms with Crippen molar-refractivity contribution in [3.8, 4) is 0 Å². The van der Waals surface area contributed by atoms with E-state index in [0.717, 1.165) is 53.9 Å². The minimum atomic E-state index is 0.689. The largest absolute Gasteiger partial charge is 0.352 e. The first-order valence-electron chi connectivity index (χ1n) is 7.36. The summed E-state index contributed by atoms with van der Waals surface area (Å²) in [4.78, 5) is 18.5. The van der Waals surface area contributed by atoms with E-state index in [4.69, 9.17) is 16.6 Å². The zero-order chi connectivity index (χ0) is 15.1. The Kier molecular flexibility index (Phi) is 3.32. The van der Waals surface area contributed by atoms with Crippen molar-refractivity contribution in [2.75, 3.05) is 38.1 Å². The van der Waals surface area contributed by atoms with E-state index in [1.807, 2.05) is 18.2 Å². The number of likely N-dealkylation sites (N-methyl/N-ethyl adjacent to an activating group) is 1. The normalized spacial score (nSPS) is 16.5. The fourth-order valence-electron chi connectivity index (χ4n) is 2.90. The third kappa shape index (κ3) is 2.26. The molecular weight excluding hydrogens is 298 g/mol. The summed E-state index contributed by atoms with van der Waals surface area (Å²) in [5, 5.41) is 1.64. The first-order valence-corrected chi connectivity index (χ1v) is 7.73. The van der Waals surface area contributed by atoms with Crippen molar-refractivity contribution in [2.45, 2.75) is 0 Å². The fraction of sp³-hybridized carbons (Fsp3) is 0.312. The molecule has 0 N–H and O–H groups in total. The number of fused-ring (bicyclic) bond motifs is 3. The van der Waals surface area contributed by atoms with E-state index < -0.39 is 0 Å². The highest BCUT2D eigenvalue weighted by atomic mass is 35.5. The van der Waals surface area contributed by atoms with E-state index >= 15 is 0 Å². The minimum Gasteiger partial charge on any atom is -0.352 e. The molecule has 0 bridgehead atoms. The van der Waals surface area contributed by atoms with E-state index in [9.17, 15) is 0 Å². The number of piperazine rings is 1. The second-order valence-corrected chi connectivity index (χ2v) is 6.08. The number of hydrogen-bond donors (Lipinski definition) is 0. The molecule has 0 amide bonds. The second kappa shape index (κ2) is 5.34. The molecule has 4 rings (SSSR count). The fourth-order valence-corrected chi connectivity index (χ4v) is 3.07. The highest BCUT2D eigenvalue weighted by Gasteiger charge is 2.20. The summed E-state index contributed by atoms with van der Waals surface area (Å²) in [5.74, 6) is 0.922. The Bertz CT molecular complexity index is 842. The van der Waals surface area contributed by atoms with Gasteiger partial charge in [0, 0.05) is 49.0 Å². The molecule has 0 atom stereocenters. The lowest BCUT2D eigenvalue weighted by Crippen LogP contribution is -2.45. The molecule has 0 radical (unpaired) electrons. The van der Waals surface area contributed by atoms with Gasteiger partial charge in [-0.05, 0) is 25.2 Å². The van der Waals surface area contributed by atoms with Gasteiger partial charge in [0.2, 0.25) is 0 Å². The van der Waals surface area contributed by atoms with Gasteiger partial charge in [0.05, 0.1) is 5.52 Å². The van der Waals surface area contributed by atoms with Gasteiger partial charge < -0.3 is 9.80 Å². The Morgan fingerprint density at radius 1 is 1.00 bits per heavy atom. The van der Waals surface area contributed by atoms with Crippen molar-refractivity contribution < 1.29 is 0 Å². The van der Waals surface area contributed by atoms with Gasteiger partial charge in [-0.25, -0.2) is 9.97 Å². The Hall–Kier alpha value is -1.98. The lowest BCUT2D eigenvalue weighted by Gasteiger charge is -2.33. The highest BCUT2D eigenvalue weighted by molar-refractivity contribution is 6.31. The SMILES string of the molecule is CN1CCN(c2nc3ccc(Cl)cc3c3nccnc23)CC1. The van der Waals surface area contributed by atoms with Crippen LogP contribution in [0.15, 0.2) is 30.6 Å². The van der Waals surface area contributed by atoms with Crippen LogP contribution in [-0.2, 0) is 0 Å². The van der Waals surface area contributed by atoms with Crippen LogP contribution in [0.5, 0.6) is 0 Å².